The quantitative estimate of drug-likeness (QED) is 0.875. The van der Waals surface area contributed by atoms with E-state index in [9.17, 15) is 8.78 Å². The third kappa shape index (κ3) is 3.22. The predicted octanol–water partition coefficient (Wildman–Crippen LogP) is 4.52. The first-order chi connectivity index (χ1) is 11.6. The van der Waals surface area contributed by atoms with E-state index in [1.54, 1.807) is 6.20 Å². The van der Waals surface area contributed by atoms with Gasteiger partial charge in [0.15, 0.2) is 0 Å². The molecule has 1 aromatic carbocycles. The molecule has 0 atom stereocenters. The standard InChI is InChI=1S/C18H20F2N4/c1-3-14(4-2)24-9-5-6-12-11-21-18(23-17(12)24)22-16-8-7-13(19)10-15(16)20/h5-8,10-11,14H,3-4,9H2,1-2H3,(H,21,22,23). The van der Waals surface area contributed by atoms with Crippen molar-refractivity contribution in [3.8, 4) is 0 Å². The summed E-state index contributed by atoms with van der Waals surface area (Å²) in [6, 6.07) is 3.76. The molecule has 0 amide bonds. The summed E-state index contributed by atoms with van der Waals surface area (Å²) in [5, 5.41) is 2.83. The minimum absolute atomic E-state index is 0.150. The van der Waals surface area contributed by atoms with Crippen LogP contribution in [0.5, 0.6) is 0 Å². The predicted molar refractivity (Wildman–Crippen MR) is 92.4 cm³/mol. The highest BCUT2D eigenvalue weighted by Gasteiger charge is 2.22. The van der Waals surface area contributed by atoms with Gasteiger partial charge in [0.2, 0.25) is 5.95 Å². The van der Waals surface area contributed by atoms with Crippen LogP contribution in [0, 0.1) is 11.6 Å². The average Bonchev–Trinajstić information content (AvgIpc) is 2.59. The third-order valence-corrected chi connectivity index (χ3v) is 4.23. The molecule has 1 aliphatic rings. The van der Waals surface area contributed by atoms with E-state index in [0.29, 0.717) is 12.0 Å². The molecule has 1 aromatic heterocycles. The van der Waals surface area contributed by atoms with Crippen LogP contribution in [0.3, 0.4) is 0 Å². The maximum absolute atomic E-state index is 13.8. The van der Waals surface area contributed by atoms with Crippen molar-refractivity contribution in [2.45, 2.75) is 32.7 Å². The van der Waals surface area contributed by atoms with Gasteiger partial charge in [0.25, 0.3) is 0 Å². The molecule has 0 radical (unpaired) electrons. The first kappa shape index (κ1) is 16.4. The Balaban J connectivity index is 1.92. The molecular weight excluding hydrogens is 310 g/mol. The number of hydrogen-bond donors (Lipinski definition) is 1. The minimum Gasteiger partial charge on any atom is -0.349 e. The van der Waals surface area contributed by atoms with Crippen LogP contribution in [0.25, 0.3) is 6.08 Å². The van der Waals surface area contributed by atoms with Crippen LogP contribution in [0.1, 0.15) is 32.3 Å². The van der Waals surface area contributed by atoms with Gasteiger partial charge in [0, 0.05) is 30.4 Å². The number of nitrogens with zero attached hydrogens (tertiary/aromatic N) is 3. The highest BCUT2D eigenvalue weighted by Crippen LogP contribution is 2.29. The fourth-order valence-corrected chi connectivity index (χ4v) is 2.93. The molecule has 0 fully saturated rings. The second kappa shape index (κ2) is 6.95. The van der Waals surface area contributed by atoms with Crippen LogP contribution in [-0.4, -0.2) is 22.6 Å². The maximum Gasteiger partial charge on any atom is 0.229 e. The number of hydrogen-bond acceptors (Lipinski definition) is 4. The van der Waals surface area contributed by atoms with Crippen LogP contribution in [0.4, 0.5) is 26.2 Å². The van der Waals surface area contributed by atoms with Crippen molar-refractivity contribution in [3.05, 3.63) is 47.7 Å². The van der Waals surface area contributed by atoms with Gasteiger partial charge in [-0.3, -0.25) is 0 Å². The van der Waals surface area contributed by atoms with Crippen LogP contribution < -0.4 is 10.2 Å². The lowest BCUT2D eigenvalue weighted by molar-refractivity contribution is 0.568. The second-order valence-electron chi connectivity index (χ2n) is 5.75. The first-order valence-corrected chi connectivity index (χ1v) is 8.14. The van der Waals surface area contributed by atoms with Crippen molar-refractivity contribution >= 4 is 23.5 Å². The lowest BCUT2D eigenvalue weighted by Gasteiger charge is -2.33. The lowest BCUT2D eigenvalue weighted by Crippen LogP contribution is -2.37. The Bertz CT molecular complexity index is 757. The molecule has 24 heavy (non-hydrogen) atoms. The van der Waals surface area contributed by atoms with E-state index in [2.05, 4.69) is 40.1 Å². The highest BCUT2D eigenvalue weighted by molar-refractivity contribution is 5.69. The number of nitrogens with one attached hydrogen (secondary N) is 1. The smallest absolute Gasteiger partial charge is 0.229 e. The minimum atomic E-state index is -0.673. The largest absolute Gasteiger partial charge is 0.349 e. The SMILES string of the molecule is CCC(CC)N1CC=Cc2cnc(Nc3ccc(F)cc3F)nc21. The fraction of sp³-hybridized carbons (Fsp3) is 0.333. The van der Waals surface area contributed by atoms with Gasteiger partial charge in [-0.15, -0.1) is 0 Å². The zero-order chi connectivity index (χ0) is 17.1. The van der Waals surface area contributed by atoms with Crippen molar-refractivity contribution in [1.82, 2.24) is 9.97 Å². The summed E-state index contributed by atoms with van der Waals surface area (Å²) in [7, 11) is 0. The molecular formula is C18H20F2N4. The Morgan fingerprint density at radius 1 is 1.25 bits per heavy atom. The molecule has 6 heteroatoms. The molecule has 0 saturated carbocycles. The highest BCUT2D eigenvalue weighted by atomic mass is 19.1. The fourth-order valence-electron chi connectivity index (χ4n) is 2.93. The number of benzene rings is 1. The Kier molecular flexibility index (Phi) is 4.74. The molecule has 0 unspecified atom stereocenters. The van der Waals surface area contributed by atoms with Crippen molar-refractivity contribution in [3.63, 3.8) is 0 Å². The maximum atomic E-state index is 13.8. The zero-order valence-electron chi connectivity index (χ0n) is 13.8. The van der Waals surface area contributed by atoms with Crippen molar-refractivity contribution < 1.29 is 8.78 Å². The molecule has 3 rings (SSSR count). The van der Waals surface area contributed by atoms with E-state index in [-0.39, 0.29) is 5.69 Å². The molecule has 1 aliphatic heterocycles. The van der Waals surface area contributed by atoms with Gasteiger partial charge in [-0.25, -0.2) is 13.8 Å². The van der Waals surface area contributed by atoms with Gasteiger partial charge in [-0.2, -0.15) is 4.98 Å². The molecule has 126 valence electrons. The van der Waals surface area contributed by atoms with Crippen LogP contribution >= 0.6 is 0 Å². The molecule has 2 aromatic rings. The van der Waals surface area contributed by atoms with E-state index in [1.807, 2.05) is 6.08 Å². The van der Waals surface area contributed by atoms with Crippen LogP contribution in [0.15, 0.2) is 30.5 Å². The number of anilines is 3. The van der Waals surface area contributed by atoms with Crippen molar-refractivity contribution in [2.24, 2.45) is 0 Å². The summed E-state index contributed by atoms with van der Waals surface area (Å²) in [5.74, 6) is -0.153. The molecule has 4 nitrogen and oxygen atoms in total. The number of halogens is 2. The number of rotatable bonds is 5. The summed E-state index contributed by atoms with van der Waals surface area (Å²) in [5.41, 5.74) is 1.09. The van der Waals surface area contributed by atoms with Crippen molar-refractivity contribution in [1.29, 1.82) is 0 Å². The summed E-state index contributed by atoms with van der Waals surface area (Å²) in [6.07, 6.45) is 7.84. The van der Waals surface area contributed by atoms with Gasteiger partial charge in [0.05, 0.1) is 5.69 Å². The monoisotopic (exact) mass is 330 g/mol. The van der Waals surface area contributed by atoms with Gasteiger partial charge >= 0.3 is 0 Å². The summed E-state index contributed by atoms with van der Waals surface area (Å²) in [6.45, 7) is 5.10. The Hall–Kier alpha value is -2.50. The van der Waals surface area contributed by atoms with E-state index in [4.69, 9.17) is 0 Å². The second-order valence-corrected chi connectivity index (χ2v) is 5.75. The third-order valence-electron chi connectivity index (χ3n) is 4.23. The van der Waals surface area contributed by atoms with E-state index >= 15 is 0 Å². The van der Waals surface area contributed by atoms with E-state index in [1.165, 1.54) is 12.1 Å². The van der Waals surface area contributed by atoms with Crippen molar-refractivity contribution in [2.75, 3.05) is 16.8 Å². The van der Waals surface area contributed by atoms with Crippen LogP contribution in [-0.2, 0) is 0 Å². The van der Waals surface area contributed by atoms with E-state index in [0.717, 1.165) is 36.8 Å². The molecule has 1 N–H and O–H groups in total. The van der Waals surface area contributed by atoms with Gasteiger partial charge in [-0.1, -0.05) is 26.0 Å². The summed E-state index contributed by atoms with van der Waals surface area (Å²) in [4.78, 5) is 11.0. The lowest BCUT2D eigenvalue weighted by atomic mass is 10.1. The Labute approximate surface area is 140 Å². The number of fused-ring (bicyclic) bond motifs is 1. The average molecular weight is 330 g/mol. The molecule has 0 bridgehead atoms. The molecule has 0 spiro atoms. The van der Waals surface area contributed by atoms with E-state index < -0.39 is 11.6 Å². The number of aromatic nitrogens is 2. The van der Waals surface area contributed by atoms with Gasteiger partial charge < -0.3 is 10.2 Å². The molecule has 0 saturated heterocycles. The Morgan fingerprint density at radius 3 is 2.75 bits per heavy atom. The summed E-state index contributed by atoms with van der Waals surface area (Å²) >= 11 is 0. The first-order valence-electron chi connectivity index (χ1n) is 8.14. The molecule has 2 heterocycles. The Morgan fingerprint density at radius 2 is 2.04 bits per heavy atom. The van der Waals surface area contributed by atoms with Gasteiger partial charge in [-0.05, 0) is 25.0 Å². The summed E-state index contributed by atoms with van der Waals surface area (Å²) < 4.78 is 26.8. The molecule has 0 aliphatic carbocycles. The topological polar surface area (TPSA) is 41.1 Å². The normalized spacial score (nSPS) is 13.3. The van der Waals surface area contributed by atoms with Crippen LogP contribution in [0.2, 0.25) is 0 Å². The zero-order valence-corrected chi connectivity index (χ0v) is 13.8. The van der Waals surface area contributed by atoms with Gasteiger partial charge in [0.1, 0.15) is 17.5 Å².